The molecule has 0 unspecified atom stereocenters. The van der Waals surface area contributed by atoms with E-state index in [2.05, 4.69) is 188 Å². The third kappa shape index (κ3) is 4.79. The summed E-state index contributed by atoms with van der Waals surface area (Å²) in [5.41, 5.74) is 15.0. The van der Waals surface area contributed by atoms with Crippen molar-refractivity contribution in [2.75, 3.05) is 0 Å². The molecule has 2 aromatic heterocycles. The molecule has 3 nitrogen and oxygen atoms in total. The first-order chi connectivity index (χ1) is 28.8. The van der Waals surface area contributed by atoms with Crippen molar-refractivity contribution in [1.29, 1.82) is 0 Å². The molecule has 1 spiro atoms. The molecule has 0 N–H and O–H groups in total. The minimum absolute atomic E-state index is 0.581. The summed E-state index contributed by atoms with van der Waals surface area (Å²) in [5.74, 6) is 0.696. The number of fused-ring (bicyclic) bond motifs is 11. The van der Waals surface area contributed by atoms with Gasteiger partial charge in [0.25, 0.3) is 0 Å². The second kappa shape index (κ2) is 13.0. The van der Waals surface area contributed by atoms with Crippen LogP contribution in [-0.4, -0.2) is 15.0 Å². The van der Waals surface area contributed by atoms with E-state index in [-0.39, 0.29) is 0 Å². The molecular formula is C54H33N3S. The van der Waals surface area contributed by atoms with E-state index < -0.39 is 5.41 Å². The van der Waals surface area contributed by atoms with E-state index in [4.69, 9.17) is 15.0 Å². The molecule has 10 aromatic rings. The van der Waals surface area contributed by atoms with Crippen LogP contribution in [-0.2, 0) is 5.41 Å². The number of rotatable bonds is 4. The van der Waals surface area contributed by atoms with E-state index in [1.807, 2.05) is 24.0 Å². The van der Waals surface area contributed by atoms with Gasteiger partial charge in [-0.05, 0) is 74.0 Å². The van der Waals surface area contributed by atoms with Gasteiger partial charge in [-0.1, -0.05) is 182 Å². The molecule has 8 aromatic carbocycles. The van der Waals surface area contributed by atoms with Gasteiger partial charge in [0, 0.05) is 43.6 Å². The molecule has 0 amide bonds. The van der Waals surface area contributed by atoms with Crippen molar-refractivity contribution in [1.82, 2.24) is 15.0 Å². The second-order valence-corrected chi connectivity index (χ2v) is 16.1. The molecule has 0 fully saturated rings. The van der Waals surface area contributed by atoms with Crippen LogP contribution in [0.1, 0.15) is 22.3 Å². The molecule has 1 aliphatic carbocycles. The number of hydrogen-bond acceptors (Lipinski definition) is 4. The van der Waals surface area contributed by atoms with Crippen LogP contribution in [0.4, 0.5) is 0 Å². The Labute approximate surface area is 340 Å². The Morgan fingerprint density at radius 1 is 0.397 bits per heavy atom. The van der Waals surface area contributed by atoms with Crippen molar-refractivity contribution >= 4 is 33.4 Å². The fourth-order valence-electron chi connectivity index (χ4n) is 9.63. The predicted octanol–water partition coefficient (Wildman–Crippen LogP) is 13.7. The minimum Gasteiger partial charge on any atom is -0.256 e. The van der Waals surface area contributed by atoms with Crippen LogP contribution in [0.5, 0.6) is 0 Å². The molecule has 0 saturated heterocycles. The van der Waals surface area contributed by atoms with E-state index in [9.17, 15) is 0 Å². The largest absolute Gasteiger partial charge is 0.256 e. The highest BCUT2D eigenvalue weighted by Gasteiger charge is 2.51. The lowest BCUT2D eigenvalue weighted by molar-refractivity contribution is 0.722. The Hall–Kier alpha value is -7.14. The van der Waals surface area contributed by atoms with Crippen molar-refractivity contribution in [3.05, 3.63) is 223 Å². The van der Waals surface area contributed by atoms with Gasteiger partial charge in [-0.3, -0.25) is 4.98 Å². The van der Waals surface area contributed by atoms with Crippen LogP contribution < -0.4 is 0 Å². The van der Waals surface area contributed by atoms with Crippen LogP contribution >= 0.6 is 11.8 Å². The molecular weight excluding hydrogens is 723 g/mol. The number of hydrogen-bond donors (Lipinski definition) is 0. The second-order valence-electron chi connectivity index (χ2n) is 15.0. The zero-order valence-corrected chi connectivity index (χ0v) is 32.1. The number of para-hydroxylation sites is 1. The van der Waals surface area contributed by atoms with E-state index in [1.165, 1.54) is 43.0 Å². The maximum Gasteiger partial charge on any atom is 0.161 e. The summed E-state index contributed by atoms with van der Waals surface area (Å²) in [6.07, 6.45) is 1.90. The van der Waals surface area contributed by atoms with Crippen LogP contribution in [0, 0.1) is 0 Å². The summed E-state index contributed by atoms with van der Waals surface area (Å²) in [6, 6.07) is 70.0. The molecule has 58 heavy (non-hydrogen) atoms. The SMILES string of the molecule is c1ccc(-c2cc(-c3cccc4ccccc34)nc(-c3cccc4c3-c3c(-c5cccc6cccnc56)cccc3C43c4ccccc4Sc4ccccc43)n2)cc1. The number of nitrogens with zero attached hydrogens (tertiary/aromatic N) is 3. The first kappa shape index (κ1) is 33.0. The number of pyridine rings is 1. The van der Waals surface area contributed by atoms with Gasteiger partial charge in [0.2, 0.25) is 0 Å². The average molecular weight is 756 g/mol. The highest BCUT2D eigenvalue weighted by Crippen LogP contribution is 2.64. The molecule has 0 radical (unpaired) electrons. The van der Waals surface area contributed by atoms with Crippen molar-refractivity contribution in [3.63, 3.8) is 0 Å². The molecule has 270 valence electrons. The third-order valence-corrected chi connectivity index (χ3v) is 13.2. The summed E-state index contributed by atoms with van der Waals surface area (Å²) in [4.78, 5) is 18.5. The third-order valence-electron chi connectivity index (χ3n) is 12.0. The average Bonchev–Trinajstić information content (AvgIpc) is 3.60. The van der Waals surface area contributed by atoms with Gasteiger partial charge in [-0.25, -0.2) is 9.97 Å². The monoisotopic (exact) mass is 755 g/mol. The lowest BCUT2D eigenvalue weighted by atomic mass is 9.67. The van der Waals surface area contributed by atoms with Crippen LogP contribution in [0.2, 0.25) is 0 Å². The molecule has 2 aliphatic rings. The summed E-state index contributed by atoms with van der Waals surface area (Å²) >= 11 is 1.86. The molecule has 0 saturated carbocycles. The van der Waals surface area contributed by atoms with Gasteiger partial charge in [-0.15, -0.1) is 0 Å². The fourth-order valence-corrected chi connectivity index (χ4v) is 10.8. The van der Waals surface area contributed by atoms with Crippen LogP contribution in [0.25, 0.3) is 77.8 Å². The Morgan fingerprint density at radius 2 is 0.948 bits per heavy atom. The summed E-state index contributed by atoms with van der Waals surface area (Å²) < 4.78 is 0. The standard InChI is InChI=1S/C54H33N3S/c1-2-16-35(17-3-1)46-33-47(38-22-10-18-34-15-4-5-21-37(34)38)57-53(56-46)41-25-13-29-45-51(41)50-39(40-24-11-19-36-20-14-32-55-52(36)40)23-12-28-44(50)54(45)42-26-6-8-30-48(42)58-49-31-9-7-27-43(49)54/h1-33H. The predicted molar refractivity (Wildman–Crippen MR) is 238 cm³/mol. The molecule has 12 rings (SSSR count). The molecule has 0 atom stereocenters. The summed E-state index contributed by atoms with van der Waals surface area (Å²) in [6.45, 7) is 0. The van der Waals surface area contributed by atoms with Gasteiger partial charge in [0.15, 0.2) is 5.82 Å². The topological polar surface area (TPSA) is 38.7 Å². The molecule has 4 heteroatoms. The molecule has 3 heterocycles. The Kier molecular flexibility index (Phi) is 7.38. The smallest absolute Gasteiger partial charge is 0.161 e. The quantitative estimate of drug-likeness (QED) is 0.179. The van der Waals surface area contributed by atoms with E-state index in [1.54, 1.807) is 0 Å². The zero-order chi connectivity index (χ0) is 38.2. The molecule has 0 bridgehead atoms. The van der Waals surface area contributed by atoms with Crippen LogP contribution in [0.3, 0.4) is 0 Å². The molecule has 1 aliphatic heterocycles. The van der Waals surface area contributed by atoms with Crippen molar-refractivity contribution in [2.24, 2.45) is 0 Å². The van der Waals surface area contributed by atoms with E-state index in [0.29, 0.717) is 5.82 Å². The van der Waals surface area contributed by atoms with E-state index in [0.717, 1.165) is 61.1 Å². The van der Waals surface area contributed by atoms with E-state index >= 15 is 0 Å². The summed E-state index contributed by atoms with van der Waals surface area (Å²) in [5, 5.41) is 3.45. The van der Waals surface area contributed by atoms with Crippen molar-refractivity contribution in [3.8, 4) is 56.2 Å². The van der Waals surface area contributed by atoms with Gasteiger partial charge in [0.1, 0.15) is 0 Å². The van der Waals surface area contributed by atoms with Crippen LogP contribution in [0.15, 0.2) is 210 Å². The highest BCUT2D eigenvalue weighted by atomic mass is 32.2. The lowest BCUT2D eigenvalue weighted by Crippen LogP contribution is -2.31. The first-order valence-corrected chi connectivity index (χ1v) is 20.5. The zero-order valence-electron chi connectivity index (χ0n) is 31.3. The fraction of sp³-hybridized carbons (Fsp3) is 0.0185. The van der Waals surface area contributed by atoms with Crippen molar-refractivity contribution in [2.45, 2.75) is 15.2 Å². The van der Waals surface area contributed by atoms with Gasteiger partial charge in [-0.2, -0.15) is 0 Å². The number of aromatic nitrogens is 3. The Bertz CT molecular complexity index is 3220. The van der Waals surface area contributed by atoms with Gasteiger partial charge >= 0.3 is 0 Å². The maximum absolute atomic E-state index is 5.55. The normalized spacial score (nSPS) is 13.2. The number of benzene rings is 8. The lowest BCUT2D eigenvalue weighted by Gasteiger charge is -2.39. The van der Waals surface area contributed by atoms with Crippen molar-refractivity contribution < 1.29 is 0 Å². The first-order valence-electron chi connectivity index (χ1n) is 19.7. The Balaban J connectivity index is 1.23. The van der Waals surface area contributed by atoms with Gasteiger partial charge in [0.05, 0.1) is 22.3 Å². The maximum atomic E-state index is 5.55. The minimum atomic E-state index is -0.581. The Morgan fingerprint density at radius 3 is 1.74 bits per heavy atom. The highest BCUT2D eigenvalue weighted by molar-refractivity contribution is 7.99. The summed E-state index contributed by atoms with van der Waals surface area (Å²) in [7, 11) is 0. The van der Waals surface area contributed by atoms with Gasteiger partial charge < -0.3 is 0 Å².